The van der Waals surface area contributed by atoms with E-state index in [1.165, 1.54) is 4.90 Å². The fourth-order valence-electron chi connectivity index (χ4n) is 3.54. The highest BCUT2D eigenvalue weighted by molar-refractivity contribution is 6.39. The van der Waals surface area contributed by atoms with Gasteiger partial charge in [0.05, 0.1) is 0 Å². The molecule has 0 saturated carbocycles. The van der Waals surface area contributed by atoms with Gasteiger partial charge in [-0.1, -0.05) is 27.7 Å². The fraction of sp³-hybridized carbons (Fsp3) is 0.571. The Kier molecular flexibility index (Phi) is 7.18. The number of carbonyl (C=O) groups excluding carboxylic acids is 3. The third-order valence-electron chi connectivity index (χ3n) is 4.91. The Morgan fingerprint density at radius 3 is 2.07 bits per heavy atom. The van der Waals surface area contributed by atoms with Crippen LogP contribution >= 0.6 is 0 Å². The molecule has 3 N–H and O–H groups in total. The van der Waals surface area contributed by atoms with Crippen LogP contribution in [0.15, 0.2) is 24.3 Å². The van der Waals surface area contributed by atoms with Crippen LogP contribution in [0.4, 0.5) is 11.4 Å². The van der Waals surface area contributed by atoms with E-state index in [1.807, 2.05) is 0 Å². The zero-order chi connectivity index (χ0) is 20.9. The summed E-state index contributed by atoms with van der Waals surface area (Å²) in [7, 11) is 0. The van der Waals surface area contributed by atoms with Crippen LogP contribution in [0.5, 0.6) is 0 Å². The number of likely N-dealkylation sites (tertiary alicyclic amines) is 1. The molecule has 154 valence electrons. The van der Waals surface area contributed by atoms with Gasteiger partial charge in [-0.25, -0.2) is 0 Å². The van der Waals surface area contributed by atoms with Crippen molar-refractivity contribution < 1.29 is 19.5 Å². The summed E-state index contributed by atoms with van der Waals surface area (Å²) in [5.41, 5.74) is 1.21. The molecule has 1 aromatic carbocycles. The Morgan fingerprint density at radius 2 is 1.57 bits per heavy atom. The predicted molar refractivity (Wildman–Crippen MR) is 109 cm³/mol. The Bertz CT molecular complexity index is 709. The van der Waals surface area contributed by atoms with E-state index in [9.17, 15) is 19.5 Å². The minimum Gasteiger partial charge on any atom is -0.396 e. The van der Waals surface area contributed by atoms with Gasteiger partial charge in [0, 0.05) is 43.4 Å². The second kappa shape index (κ2) is 9.19. The normalized spacial score (nSPS) is 19.4. The third kappa shape index (κ3) is 6.05. The van der Waals surface area contributed by atoms with Crippen LogP contribution in [0.2, 0.25) is 0 Å². The zero-order valence-electron chi connectivity index (χ0n) is 17.1. The van der Waals surface area contributed by atoms with Gasteiger partial charge in [0.15, 0.2) is 0 Å². The van der Waals surface area contributed by atoms with Crippen LogP contribution in [0, 0.1) is 17.3 Å². The monoisotopic (exact) mass is 389 g/mol. The first-order valence-corrected chi connectivity index (χ1v) is 9.74. The molecule has 0 unspecified atom stereocenters. The average molecular weight is 389 g/mol. The van der Waals surface area contributed by atoms with Gasteiger partial charge in [0.2, 0.25) is 5.91 Å². The van der Waals surface area contributed by atoms with Crippen LogP contribution in [0.3, 0.4) is 0 Å². The summed E-state index contributed by atoms with van der Waals surface area (Å²) in [6.45, 7) is 9.04. The summed E-state index contributed by atoms with van der Waals surface area (Å²) < 4.78 is 0. The molecule has 1 fully saturated rings. The van der Waals surface area contributed by atoms with Crippen molar-refractivity contribution >= 4 is 29.1 Å². The lowest BCUT2D eigenvalue weighted by atomic mass is 9.80. The van der Waals surface area contributed by atoms with Crippen molar-refractivity contribution in [3.8, 4) is 0 Å². The number of nitrogens with one attached hydrogen (secondary N) is 2. The molecular formula is C21H31N3O4. The largest absolute Gasteiger partial charge is 0.396 e. The lowest BCUT2D eigenvalue weighted by Gasteiger charge is -2.25. The molecule has 1 aliphatic heterocycles. The topological polar surface area (TPSA) is 98.7 Å². The minimum atomic E-state index is -0.696. The number of rotatable bonds is 5. The predicted octanol–water partition coefficient (Wildman–Crippen LogP) is 2.48. The highest BCUT2D eigenvalue weighted by Gasteiger charge is 2.38. The third-order valence-corrected chi connectivity index (χ3v) is 4.91. The van der Waals surface area contributed by atoms with Crippen LogP contribution in [0.25, 0.3) is 0 Å². The van der Waals surface area contributed by atoms with Crippen LogP contribution in [-0.4, -0.2) is 47.4 Å². The van der Waals surface area contributed by atoms with Crippen molar-refractivity contribution in [1.29, 1.82) is 0 Å². The van der Waals surface area contributed by atoms with Gasteiger partial charge in [-0.05, 0) is 42.0 Å². The molecule has 28 heavy (non-hydrogen) atoms. The molecule has 0 aliphatic carbocycles. The molecule has 1 heterocycles. The van der Waals surface area contributed by atoms with Crippen molar-refractivity contribution in [2.75, 3.05) is 30.3 Å². The van der Waals surface area contributed by atoms with Gasteiger partial charge in [-0.3, -0.25) is 14.4 Å². The molecule has 2 rings (SSSR count). The number of aliphatic hydroxyl groups is 1. The van der Waals surface area contributed by atoms with Gasteiger partial charge in [0.1, 0.15) is 0 Å². The van der Waals surface area contributed by atoms with E-state index in [1.54, 1.807) is 31.2 Å². The molecule has 1 saturated heterocycles. The van der Waals surface area contributed by atoms with E-state index < -0.39 is 11.8 Å². The second-order valence-electron chi connectivity index (χ2n) is 8.61. The SMILES string of the molecule is CCC(=O)Nc1ccc(NC(=O)C(=O)N2C[C@@H](CO)[C@H](CC(C)(C)C)C2)cc1. The van der Waals surface area contributed by atoms with Crippen molar-refractivity contribution in [3.63, 3.8) is 0 Å². The van der Waals surface area contributed by atoms with E-state index in [0.717, 1.165) is 6.42 Å². The maximum absolute atomic E-state index is 12.5. The van der Waals surface area contributed by atoms with Crippen molar-refractivity contribution in [2.24, 2.45) is 17.3 Å². The molecule has 7 nitrogen and oxygen atoms in total. The van der Waals surface area contributed by atoms with Crippen molar-refractivity contribution in [3.05, 3.63) is 24.3 Å². The number of anilines is 2. The molecular weight excluding hydrogens is 358 g/mol. The van der Waals surface area contributed by atoms with Gasteiger partial charge >= 0.3 is 11.8 Å². The Morgan fingerprint density at radius 1 is 1.04 bits per heavy atom. The summed E-state index contributed by atoms with van der Waals surface area (Å²) >= 11 is 0. The van der Waals surface area contributed by atoms with Crippen molar-refractivity contribution in [2.45, 2.75) is 40.5 Å². The summed E-state index contributed by atoms with van der Waals surface area (Å²) in [6, 6.07) is 6.62. The molecule has 3 amide bonds. The van der Waals surface area contributed by atoms with E-state index in [0.29, 0.717) is 30.9 Å². The Balaban J connectivity index is 1.95. The summed E-state index contributed by atoms with van der Waals surface area (Å²) in [6.07, 6.45) is 1.27. The number of hydrogen-bond acceptors (Lipinski definition) is 4. The van der Waals surface area contributed by atoms with E-state index in [4.69, 9.17) is 0 Å². The Labute approximate surface area is 166 Å². The van der Waals surface area contributed by atoms with Gasteiger partial charge in [-0.15, -0.1) is 0 Å². The van der Waals surface area contributed by atoms with E-state index in [-0.39, 0.29) is 29.8 Å². The lowest BCUT2D eigenvalue weighted by molar-refractivity contribution is -0.142. The molecule has 0 aromatic heterocycles. The average Bonchev–Trinajstić information content (AvgIpc) is 3.03. The second-order valence-corrected chi connectivity index (χ2v) is 8.61. The van der Waals surface area contributed by atoms with Crippen LogP contribution in [0.1, 0.15) is 40.5 Å². The van der Waals surface area contributed by atoms with Gasteiger partial charge in [-0.2, -0.15) is 0 Å². The molecule has 1 aromatic rings. The number of aliphatic hydroxyl groups excluding tert-OH is 1. The first-order chi connectivity index (χ1) is 13.1. The minimum absolute atomic E-state index is 0.00237. The standard InChI is InChI=1S/C21H31N3O4/c1-5-18(26)22-16-6-8-17(9-7-16)23-19(27)20(28)24-11-14(10-21(2,3)4)15(12-24)13-25/h6-9,14-15,25H,5,10-13H2,1-4H3,(H,22,26)(H,23,27)/t14-,15+/m1/s1. The highest BCUT2D eigenvalue weighted by Crippen LogP contribution is 2.34. The van der Waals surface area contributed by atoms with Crippen LogP contribution in [-0.2, 0) is 14.4 Å². The van der Waals surface area contributed by atoms with Crippen LogP contribution < -0.4 is 10.6 Å². The molecule has 2 atom stereocenters. The van der Waals surface area contributed by atoms with Crippen molar-refractivity contribution in [1.82, 2.24) is 4.90 Å². The maximum atomic E-state index is 12.5. The first-order valence-electron chi connectivity index (χ1n) is 9.74. The molecule has 0 radical (unpaired) electrons. The maximum Gasteiger partial charge on any atom is 0.313 e. The lowest BCUT2D eigenvalue weighted by Crippen LogP contribution is -2.38. The molecule has 0 bridgehead atoms. The number of carbonyl (C=O) groups is 3. The number of amides is 3. The Hall–Kier alpha value is -2.41. The zero-order valence-corrected chi connectivity index (χ0v) is 17.1. The summed E-state index contributed by atoms with van der Waals surface area (Å²) in [5, 5.41) is 15.0. The summed E-state index contributed by atoms with van der Waals surface area (Å²) in [4.78, 5) is 37.8. The van der Waals surface area contributed by atoms with Gasteiger partial charge in [0.25, 0.3) is 0 Å². The van der Waals surface area contributed by atoms with E-state index in [2.05, 4.69) is 31.4 Å². The first kappa shape index (κ1) is 21.9. The molecule has 7 heteroatoms. The highest BCUT2D eigenvalue weighted by atomic mass is 16.3. The van der Waals surface area contributed by atoms with Gasteiger partial charge < -0.3 is 20.6 Å². The fourth-order valence-corrected chi connectivity index (χ4v) is 3.54. The smallest absolute Gasteiger partial charge is 0.313 e. The summed E-state index contributed by atoms with van der Waals surface area (Å²) in [5.74, 6) is -1.19. The van der Waals surface area contributed by atoms with E-state index >= 15 is 0 Å². The molecule has 0 spiro atoms. The number of benzene rings is 1. The number of nitrogens with zero attached hydrogens (tertiary/aromatic N) is 1. The molecule has 1 aliphatic rings. The quantitative estimate of drug-likeness (QED) is 0.674. The number of hydrogen-bond donors (Lipinski definition) is 3.